The van der Waals surface area contributed by atoms with Gasteiger partial charge in [-0.05, 0) is 79.2 Å². The van der Waals surface area contributed by atoms with Crippen LogP contribution in [0.4, 0.5) is 5.69 Å². The third-order valence-electron chi connectivity index (χ3n) is 4.30. The minimum absolute atomic E-state index is 0.300. The molecule has 138 valence electrons. The van der Waals surface area contributed by atoms with Crippen LogP contribution < -0.4 is 0 Å². The average molecular weight is 425 g/mol. The number of aliphatic imine (C=N–C) groups is 1. The molecular weight excluding hydrogens is 404 g/mol. The van der Waals surface area contributed by atoms with E-state index in [9.17, 15) is 4.79 Å². The van der Waals surface area contributed by atoms with Gasteiger partial charge in [0.15, 0.2) is 0 Å². The number of carbonyl (C=O) groups is 1. The summed E-state index contributed by atoms with van der Waals surface area (Å²) in [5.41, 5.74) is 5.69. The van der Waals surface area contributed by atoms with Crippen molar-refractivity contribution in [2.75, 3.05) is 6.61 Å². The highest BCUT2D eigenvalue weighted by molar-refractivity contribution is 9.10. The number of aryl methyl sites for hydroxylation is 1. The quantitative estimate of drug-likeness (QED) is 0.384. The molecule has 0 fully saturated rings. The molecule has 0 aliphatic heterocycles. The summed E-state index contributed by atoms with van der Waals surface area (Å²) in [5.74, 6) is -0.300. The van der Waals surface area contributed by atoms with Gasteiger partial charge in [0.1, 0.15) is 0 Å². The highest BCUT2D eigenvalue weighted by atomic mass is 79.9. The van der Waals surface area contributed by atoms with Gasteiger partial charge in [-0.15, -0.1) is 0 Å². The zero-order valence-electron chi connectivity index (χ0n) is 15.6. The van der Waals surface area contributed by atoms with Crippen LogP contribution in [0, 0.1) is 13.8 Å². The third kappa shape index (κ3) is 4.19. The number of nitrogens with zero attached hydrogens (tertiary/aromatic N) is 2. The van der Waals surface area contributed by atoms with Crippen molar-refractivity contribution < 1.29 is 9.53 Å². The fourth-order valence-corrected chi connectivity index (χ4v) is 3.36. The van der Waals surface area contributed by atoms with Crippen molar-refractivity contribution in [1.82, 2.24) is 4.57 Å². The van der Waals surface area contributed by atoms with E-state index in [0.717, 1.165) is 32.8 Å². The lowest BCUT2D eigenvalue weighted by molar-refractivity contribution is 0.0526. The molecule has 4 nitrogen and oxygen atoms in total. The molecule has 0 spiro atoms. The molecule has 0 aliphatic carbocycles. The fraction of sp³-hybridized carbons (Fsp3) is 0.182. The van der Waals surface area contributed by atoms with Crippen LogP contribution in [0.3, 0.4) is 0 Å². The Kier molecular flexibility index (Phi) is 5.91. The van der Waals surface area contributed by atoms with Crippen LogP contribution in [-0.4, -0.2) is 23.4 Å². The lowest BCUT2D eigenvalue weighted by Gasteiger charge is -2.10. The number of halogens is 1. The van der Waals surface area contributed by atoms with Gasteiger partial charge in [-0.3, -0.25) is 4.99 Å². The zero-order valence-corrected chi connectivity index (χ0v) is 17.2. The number of hydrogen-bond donors (Lipinski definition) is 0. The summed E-state index contributed by atoms with van der Waals surface area (Å²) in [6.45, 7) is 6.29. The molecule has 0 aliphatic rings. The second-order valence-electron chi connectivity index (χ2n) is 6.14. The number of rotatable bonds is 5. The zero-order chi connectivity index (χ0) is 19.4. The fourth-order valence-electron chi connectivity index (χ4n) is 2.97. The summed E-state index contributed by atoms with van der Waals surface area (Å²) >= 11 is 3.52. The van der Waals surface area contributed by atoms with Gasteiger partial charge in [-0.1, -0.05) is 12.1 Å². The van der Waals surface area contributed by atoms with E-state index in [-0.39, 0.29) is 5.97 Å². The van der Waals surface area contributed by atoms with Crippen LogP contribution in [0.1, 0.15) is 34.2 Å². The Hall–Kier alpha value is -2.66. The van der Waals surface area contributed by atoms with Crippen molar-refractivity contribution in [1.29, 1.82) is 0 Å². The SMILES string of the molecule is CCOC(=O)c1ccc(-n2c(C)cc(C=Nc3ccccc3Br)c2C)cc1. The highest BCUT2D eigenvalue weighted by Gasteiger charge is 2.11. The second kappa shape index (κ2) is 8.35. The van der Waals surface area contributed by atoms with Gasteiger partial charge in [0.25, 0.3) is 0 Å². The standard InChI is InChI=1S/C22H21BrN2O2/c1-4-27-22(26)17-9-11-19(12-10-17)25-15(2)13-18(16(25)3)14-24-21-8-6-5-7-20(21)23/h5-14H,4H2,1-3H3. The molecular formula is C22H21BrN2O2. The molecule has 0 radical (unpaired) electrons. The van der Waals surface area contributed by atoms with Crippen molar-refractivity contribution in [3.8, 4) is 5.69 Å². The van der Waals surface area contributed by atoms with Crippen LogP contribution in [0.2, 0.25) is 0 Å². The van der Waals surface area contributed by atoms with E-state index in [0.29, 0.717) is 12.2 Å². The summed E-state index contributed by atoms with van der Waals surface area (Å²) in [7, 11) is 0. The van der Waals surface area contributed by atoms with Crippen molar-refractivity contribution in [2.24, 2.45) is 4.99 Å². The van der Waals surface area contributed by atoms with Gasteiger partial charge in [-0.2, -0.15) is 0 Å². The Morgan fingerprint density at radius 3 is 2.52 bits per heavy atom. The first-order chi connectivity index (χ1) is 13.0. The largest absolute Gasteiger partial charge is 0.462 e. The van der Waals surface area contributed by atoms with Crippen LogP contribution >= 0.6 is 15.9 Å². The maximum Gasteiger partial charge on any atom is 0.338 e. The molecule has 5 heteroatoms. The van der Waals surface area contributed by atoms with Crippen molar-refractivity contribution in [3.63, 3.8) is 0 Å². The number of esters is 1. The average Bonchev–Trinajstić information content (AvgIpc) is 2.95. The number of hydrogen-bond acceptors (Lipinski definition) is 3. The molecule has 0 N–H and O–H groups in total. The predicted octanol–water partition coefficient (Wildman–Crippen LogP) is 5.78. The van der Waals surface area contributed by atoms with Gasteiger partial charge < -0.3 is 9.30 Å². The molecule has 0 saturated heterocycles. The van der Waals surface area contributed by atoms with Crippen molar-refractivity contribution in [3.05, 3.63) is 81.6 Å². The number of ether oxygens (including phenoxy) is 1. The van der Waals surface area contributed by atoms with Gasteiger partial charge in [0.2, 0.25) is 0 Å². The number of para-hydroxylation sites is 1. The van der Waals surface area contributed by atoms with E-state index in [1.165, 1.54) is 0 Å². The summed E-state index contributed by atoms with van der Waals surface area (Å²) in [4.78, 5) is 16.4. The van der Waals surface area contributed by atoms with E-state index in [4.69, 9.17) is 4.74 Å². The molecule has 0 bridgehead atoms. The van der Waals surface area contributed by atoms with Crippen LogP contribution in [0.15, 0.2) is 64.1 Å². The lowest BCUT2D eigenvalue weighted by atomic mass is 10.2. The Bertz CT molecular complexity index is 988. The van der Waals surface area contributed by atoms with Crippen molar-refractivity contribution >= 4 is 33.8 Å². The Labute approximate surface area is 167 Å². The van der Waals surface area contributed by atoms with E-state index in [2.05, 4.69) is 45.4 Å². The van der Waals surface area contributed by atoms with E-state index >= 15 is 0 Å². The first-order valence-electron chi connectivity index (χ1n) is 8.76. The van der Waals surface area contributed by atoms with Gasteiger partial charge in [0.05, 0.1) is 17.9 Å². The molecule has 1 heterocycles. The molecule has 1 aromatic heterocycles. The Balaban J connectivity index is 1.90. The van der Waals surface area contributed by atoms with Gasteiger partial charge in [0, 0.05) is 33.3 Å². The molecule has 0 amide bonds. The molecule has 0 unspecified atom stereocenters. The van der Waals surface area contributed by atoms with E-state index in [1.54, 1.807) is 19.1 Å². The topological polar surface area (TPSA) is 43.6 Å². The second-order valence-corrected chi connectivity index (χ2v) is 6.99. The summed E-state index contributed by atoms with van der Waals surface area (Å²) in [6.07, 6.45) is 1.88. The first-order valence-corrected chi connectivity index (χ1v) is 9.55. The smallest absolute Gasteiger partial charge is 0.338 e. The maximum atomic E-state index is 11.8. The monoisotopic (exact) mass is 424 g/mol. The molecule has 27 heavy (non-hydrogen) atoms. The van der Waals surface area contributed by atoms with Crippen LogP contribution in [0.25, 0.3) is 5.69 Å². The number of aromatic nitrogens is 1. The summed E-state index contributed by atoms with van der Waals surface area (Å²) in [5, 5.41) is 0. The Morgan fingerprint density at radius 2 is 1.85 bits per heavy atom. The van der Waals surface area contributed by atoms with Crippen LogP contribution in [-0.2, 0) is 4.74 Å². The third-order valence-corrected chi connectivity index (χ3v) is 4.97. The van der Waals surface area contributed by atoms with Crippen molar-refractivity contribution in [2.45, 2.75) is 20.8 Å². The number of carbonyl (C=O) groups excluding carboxylic acids is 1. The first kappa shape index (κ1) is 19.1. The predicted molar refractivity (Wildman–Crippen MR) is 113 cm³/mol. The minimum Gasteiger partial charge on any atom is -0.462 e. The summed E-state index contributed by atoms with van der Waals surface area (Å²) < 4.78 is 8.15. The minimum atomic E-state index is -0.300. The number of benzene rings is 2. The summed E-state index contributed by atoms with van der Waals surface area (Å²) in [6, 6.07) is 17.4. The molecule has 3 rings (SSSR count). The van der Waals surface area contributed by atoms with Gasteiger partial charge in [-0.25, -0.2) is 4.79 Å². The highest BCUT2D eigenvalue weighted by Crippen LogP contribution is 2.25. The molecule has 0 saturated carbocycles. The Morgan fingerprint density at radius 1 is 1.15 bits per heavy atom. The van der Waals surface area contributed by atoms with E-state index in [1.807, 2.05) is 42.6 Å². The lowest BCUT2D eigenvalue weighted by Crippen LogP contribution is -2.05. The molecule has 3 aromatic rings. The van der Waals surface area contributed by atoms with E-state index < -0.39 is 0 Å². The maximum absolute atomic E-state index is 11.8. The normalized spacial score (nSPS) is 11.1. The molecule has 0 atom stereocenters. The van der Waals surface area contributed by atoms with Crippen LogP contribution in [0.5, 0.6) is 0 Å². The van der Waals surface area contributed by atoms with Gasteiger partial charge >= 0.3 is 5.97 Å². The molecule has 2 aromatic carbocycles.